The van der Waals surface area contributed by atoms with E-state index in [1.807, 2.05) is 6.92 Å². The molecule has 0 aliphatic heterocycles. The van der Waals surface area contributed by atoms with E-state index in [9.17, 15) is 0 Å². The van der Waals surface area contributed by atoms with Gasteiger partial charge in [0.15, 0.2) is 5.82 Å². The third kappa shape index (κ3) is 2.37. The van der Waals surface area contributed by atoms with E-state index in [0.29, 0.717) is 12.0 Å². The van der Waals surface area contributed by atoms with Gasteiger partial charge >= 0.3 is 0 Å². The van der Waals surface area contributed by atoms with Crippen molar-refractivity contribution < 1.29 is 4.52 Å². The van der Waals surface area contributed by atoms with Crippen LogP contribution in [-0.4, -0.2) is 22.7 Å². The zero-order valence-electron chi connectivity index (χ0n) is 9.49. The summed E-state index contributed by atoms with van der Waals surface area (Å²) < 4.78 is 5.28. The first-order valence-corrected chi connectivity index (χ1v) is 5.85. The Labute approximate surface area is 90.4 Å². The van der Waals surface area contributed by atoms with Gasteiger partial charge in [-0.25, -0.2) is 0 Å². The topological polar surface area (TPSA) is 51.0 Å². The fourth-order valence-electron chi connectivity index (χ4n) is 2.40. The number of rotatable bonds is 3. The van der Waals surface area contributed by atoms with E-state index in [2.05, 4.69) is 22.4 Å². The quantitative estimate of drug-likeness (QED) is 0.827. The van der Waals surface area contributed by atoms with Gasteiger partial charge in [-0.2, -0.15) is 4.98 Å². The first kappa shape index (κ1) is 10.6. The Morgan fingerprint density at radius 1 is 1.40 bits per heavy atom. The van der Waals surface area contributed by atoms with Crippen LogP contribution in [0.5, 0.6) is 0 Å². The molecule has 0 spiro atoms. The van der Waals surface area contributed by atoms with Gasteiger partial charge in [0.05, 0.1) is 5.92 Å². The number of aromatic nitrogens is 2. The number of aryl methyl sites for hydroxylation is 1. The highest BCUT2D eigenvalue weighted by molar-refractivity contribution is 5.00. The number of likely N-dealkylation sites (N-methyl/N-ethyl adjacent to an activating group) is 1. The highest BCUT2D eigenvalue weighted by atomic mass is 16.5. The molecule has 0 bridgehead atoms. The lowest BCUT2D eigenvalue weighted by Gasteiger charge is -2.29. The van der Waals surface area contributed by atoms with Crippen LogP contribution in [0, 0.1) is 6.92 Å². The van der Waals surface area contributed by atoms with E-state index < -0.39 is 0 Å². The van der Waals surface area contributed by atoms with Gasteiger partial charge in [0.2, 0.25) is 5.89 Å². The molecule has 0 amide bonds. The van der Waals surface area contributed by atoms with Crippen LogP contribution < -0.4 is 5.32 Å². The first-order valence-electron chi connectivity index (χ1n) is 5.85. The molecule has 4 nitrogen and oxygen atoms in total. The lowest BCUT2D eigenvalue weighted by molar-refractivity contribution is 0.264. The molecule has 1 heterocycles. The lowest BCUT2D eigenvalue weighted by atomic mass is 9.84. The normalized spacial score (nSPS) is 26.8. The predicted octanol–water partition coefficient (Wildman–Crippen LogP) is 2.01. The van der Waals surface area contributed by atoms with Gasteiger partial charge < -0.3 is 9.84 Å². The fourth-order valence-corrected chi connectivity index (χ4v) is 2.40. The Balaban J connectivity index is 2.10. The van der Waals surface area contributed by atoms with Crippen LogP contribution in [0.15, 0.2) is 4.52 Å². The Morgan fingerprint density at radius 2 is 2.20 bits per heavy atom. The maximum absolute atomic E-state index is 5.28. The van der Waals surface area contributed by atoms with Gasteiger partial charge in [0, 0.05) is 6.04 Å². The third-order valence-corrected chi connectivity index (χ3v) is 3.09. The average Bonchev–Trinajstić information content (AvgIpc) is 2.66. The van der Waals surface area contributed by atoms with Crippen LogP contribution in [0.2, 0.25) is 0 Å². The van der Waals surface area contributed by atoms with Crippen LogP contribution in [0.25, 0.3) is 0 Å². The number of nitrogens with zero attached hydrogens (tertiary/aromatic N) is 2. The largest absolute Gasteiger partial charge is 0.339 e. The second-order valence-corrected chi connectivity index (χ2v) is 4.23. The highest BCUT2D eigenvalue weighted by Crippen LogP contribution is 2.31. The third-order valence-electron chi connectivity index (χ3n) is 3.09. The van der Waals surface area contributed by atoms with Gasteiger partial charge in [-0.05, 0) is 26.3 Å². The van der Waals surface area contributed by atoms with Gasteiger partial charge in [-0.1, -0.05) is 24.9 Å². The van der Waals surface area contributed by atoms with Crippen molar-refractivity contribution in [3.05, 3.63) is 11.7 Å². The Hall–Kier alpha value is -0.900. The summed E-state index contributed by atoms with van der Waals surface area (Å²) in [6, 6.07) is 0.517. The summed E-state index contributed by atoms with van der Waals surface area (Å²) in [5, 5.41) is 7.39. The number of hydrogen-bond acceptors (Lipinski definition) is 4. The van der Waals surface area contributed by atoms with Crippen molar-refractivity contribution >= 4 is 0 Å². The molecule has 2 atom stereocenters. The maximum Gasteiger partial charge on any atom is 0.231 e. The summed E-state index contributed by atoms with van der Waals surface area (Å²) in [5.74, 6) is 1.98. The van der Waals surface area contributed by atoms with Gasteiger partial charge in [0.1, 0.15) is 0 Å². The molecule has 0 aromatic carbocycles. The van der Waals surface area contributed by atoms with Crippen LogP contribution in [0.1, 0.15) is 50.2 Å². The van der Waals surface area contributed by atoms with Crippen molar-refractivity contribution in [2.24, 2.45) is 0 Å². The standard InChI is InChI=1S/C11H19N3O/c1-3-12-10-7-5-4-6-9(10)11-13-8(2)14-15-11/h9-10,12H,3-7H2,1-2H3. The molecular formula is C11H19N3O. The van der Waals surface area contributed by atoms with Gasteiger partial charge in [0.25, 0.3) is 0 Å². The Bertz CT molecular complexity index is 309. The first-order chi connectivity index (χ1) is 7.31. The fraction of sp³-hybridized carbons (Fsp3) is 0.818. The molecule has 2 unspecified atom stereocenters. The smallest absolute Gasteiger partial charge is 0.231 e. The van der Waals surface area contributed by atoms with Crippen molar-refractivity contribution in [1.29, 1.82) is 0 Å². The lowest BCUT2D eigenvalue weighted by Crippen LogP contribution is -2.37. The summed E-state index contributed by atoms with van der Waals surface area (Å²) in [6.45, 7) is 5.02. The van der Waals surface area contributed by atoms with Gasteiger partial charge in [-0.15, -0.1) is 0 Å². The van der Waals surface area contributed by atoms with E-state index in [0.717, 1.165) is 18.3 Å². The Kier molecular flexibility index (Phi) is 3.36. The second kappa shape index (κ2) is 4.75. The van der Waals surface area contributed by atoms with Crippen LogP contribution in [-0.2, 0) is 0 Å². The van der Waals surface area contributed by atoms with Crippen LogP contribution >= 0.6 is 0 Å². The minimum Gasteiger partial charge on any atom is -0.339 e. The summed E-state index contributed by atoms with van der Waals surface area (Å²) >= 11 is 0. The van der Waals surface area contributed by atoms with Crippen LogP contribution in [0.4, 0.5) is 0 Å². The van der Waals surface area contributed by atoms with E-state index in [-0.39, 0.29) is 0 Å². The molecule has 2 rings (SSSR count). The zero-order valence-corrected chi connectivity index (χ0v) is 9.49. The van der Waals surface area contributed by atoms with E-state index in [1.54, 1.807) is 0 Å². The van der Waals surface area contributed by atoms with Crippen molar-refractivity contribution in [1.82, 2.24) is 15.5 Å². The second-order valence-electron chi connectivity index (χ2n) is 4.23. The highest BCUT2D eigenvalue weighted by Gasteiger charge is 2.29. The van der Waals surface area contributed by atoms with Crippen molar-refractivity contribution in [2.45, 2.75) is 51.5 Å². The summed E-state index contributed by atoms with van der Waals surface area (Å²) in [4.78, 5) is 4.35. The minimum atomic E-state index is 0.417. The van der Waals surface area contributed by atoms with E-state index in [1.165, 1.54) is 25.7 Å². The summed E-state index contributed by atoms with van der Waals surface area (Å²) in [5.41, 5.74) is 0. The van der Waals surface area contributed by atoms with Crippen LogP contribution in [0.3, 0.4) is 0 Å². The molecule has 0 saturated heterocycles. The molecule has 1 N–H and O–H groups in total. The van der Waals surface area contributed by atoms with Gasteiger partial charge in [-0.3, -0.25) is 0 Å². The minimum absolute atomic E-state index is 0.417. The van der Waals surface area contributed by atoms with E-state index in [4.69, 9.17) is 4.52 Å². The van der Waals surface area contributed by atoms with Crippen molar-refractivity contribution in [2.75, 3.05) is 6.54 Å². The summed E-state index contributed by atoms with van der Waals surface area (Å²) in [6.07, 6.45) is 4.97. The van der Waals surface area contributed by atoms with Crippen molar-refractivity contribution in [3.63, 3.8) is 0 Å². The molecular weight excluding hydrogens is 190 g/mol. The molecule has 1 saturated carbocycles. The molecule has 15 heavy (non-hydrogen) atoms. The number of nitrogens with one attached hydrogen (secondary N) is 1. The zero-order chi connectivity index (χ0) is 10.7. The molecule has 1 fully saturated rings. The molecule has 1 aliphatic rings. The predicted molar refractivity (Wildman–Crippen MR) is 57.7 cm³/mol. The van der Waals surface area contributed by atoms with Crippen molar-refractivity contribution in [3.8, 4) is 0 Å². The SMILES string of the molecule is CCNC1CCCCC1c1nc(C)no1. The average molecular weight is 209 g/mol. The molecule has 1 aliphatic carbocycles. The molecule has 84 valence electrons. The molecule has 1 aromatic heterocycles. The Morgan fingerprint density at radius 3 is 2.87 bits per heavy atom. The molecule has 1 aromatic rings. The van der Waals surface area contributed by atoms with E-state index >= 15 is 0 Å². The summed E-state index contributed by atoms with van der Waals surface area (Å²) in [7, 11) is 0. The maximum atomic E-state index is 5.28. The molecule has 4 heteroatoms. The molecule has 0 radical (unpaired) electrons. The monoisotopic (exact) mass is 209 g/mol. The number of hydrogen-bond donors (Lipinski definition) is 1.